The van der Waals surface area contributed by atoms with Crippen molar-refractivity contribution in [2.75, 3.05) is 11.9 Å². The molecule has 0 radical (unpaired) electrons. The van der Waals surface area contributed by atoms with Gasteiger partial charge in [0, 0.05) is 17.7 Å². The lowest BCUT2D eigenvalue weighted by Crippen LogP contribution is -2.18. The summed E-state index contributed by atoms with van der Waals surface area (Å²) in [6, 6.07) is 16.0. The van der Waals surface area contributed by atoms with Gasteiger partial charge in [0.05, 0.1) is 17.4 Å². The molecule has 5 rings (SSSR count). The van der Waals surface area contributed by atoms with Gasteiger partial charge in [-0.2, -0.15) is 13.9 Å². The van der Waals surface area contributed by atoms with Gasteiger partial charge < -0.3 is 14.8 Å². The Labute approximate surface area is 195 Å². The highest BCUT2D eigenvalue weighted by atomic mass is 19.3. The summed E-state index contributed by atoms with van der Waals surface area (Å²) >= 11 is 0. The molecule has 1 fully saturated rings. The molecule has 0 saturated carbocycles. The molecular formula is C25H23F2N5O2. The van der Waals surface area contributed by atoms with Crippen LogP contribution in [0.3, 0.4) is 0 Å². The van der Waals surface area contributed by atoms with Crippen molar-refractivity contribution >= 4 is 34.6 Å². The summed E-state index contributed by atoms with van der Waals surface area (Å²) in [4.78, 5) is 0. The van der Waals surface area contributed by atoms with Crippen LogP contribution in [0, 0.1) is 0 Å². The molecule has 1 saturated heterocycles. The number of anilines is 2. The van der Waals surface area contributed by atoms with E-state index in [1.807, 2.05) is 35.2 Å². The van der Waals surface area contributed by atoms with E-state index in [4.69, 9.17) is 4.74 Å². The number of benzene rings is 2. The van der Waals surface area contributed by atoms with Crippen LogP contribution < -0.4 is 10.1 Å². The summed E-state index contributed by atoms with van der Waals surface area (Å²) < 4.78 is 36.7. The van der Waals surface area contributed by atoms with Crippen LogP contribution in [0.15, 0.2) is 60.8 Å². The summed E-state index contributed by atoms with van der Waals surface area (Å²) in [5.74, 6) is 0.637. The third-order valence-electron chi connectivity index (χ3n) is 5.53. The van der Waals surface area contributed by atoms with E-state index in [9.17, 15) is 8.78 Å². The predicted octanol–water partition coefficient (Wildman–Crippen LogP) is 6.04. The molecule has 1 N–H and O–H groups in total. The highest BCUT2D eigenvalue weighted by Crippen LogP contribution is 2.27. The van der Waals surface area contributed by atoms with Crippen molar-refractivity contribution in [1.82, 2.24) is 20.0 Å². The van der Waals surface area contributed by atoms with E-state index >= 15 is 0 Å². The number of fused-ring (bicyclic) bond motifs is 1. The number of hydrogen-bond donors (Lipinski definition) is 1. The maximum Gasteiger partial charge on any atom is 0.387 e. The molecule has 2 aromatic heterocycles. The Hall–Kier alpha value is -3.85. The van der Waals surface area contributed by atoms with Gasteiger partial charge in [-0.1, -0.05) is 12.1 Å². The lowest BCUT2D eigenvalue weighted by Gasteiger charge is -2.23. The quantitative estimate of drug-likeness (QED) is 0.360. The molecule has 7 nitrogen and oxygen atoms in total. The molecule has 1 unspecified atom stereocenters. The summed E-state index contributed by atoms with van der Waals surface area (Å²) in [6.45, 7) is -2.06. The minimum absolute atomic E-state index is 0.0129. The monoisotopic (exact) mass is 463 g/mol. The highest BCUT2D eigenvalue weighted by molar-refractivity contribution is 5.83. The summed E-state index contributed by atoms with van der Waals surface area (Å²) in [7, 11) is 0. The van der Waals surface area contributed by atoms with E-state index in [1.54, 1.807) is 18.2 Å². The Morgan fingerprint density at radius 2 is 1.91 bits per heavy atom. The van der Waals surface area contributed by atoms with Crippen LogP contribution in [0.25, 0.3) is 23.1 Å². The van der Waals surface area contributed by atoms with Gasteiger partial charge in [-0.25, -0.2) is 4.68 Å². The van der Waals surface area contributed by atoms with Crippen molar-refractivity contribution in [3.8, 4) is 5.75 Å². The van der Waals surface area contributed by atoms with Crippen LogP contribution in [0.5, 0.6) is 5.75 Å². The smallest absolute Gasteiger partial charge is 0.387 e. The van der Waals surface area contributed by atoms with Crippen LogP contribution in [0.1, 0.15) is 36.7 Å². The SMILES string of the molecule is FC(F)Oc1ccc(Nc2ccc(C=Cc3ccc4c(cnn4C4CCCCO4)c3)nn2)cc1. The normalized spacial score (nSPS) is 16.4. The van der Waals surface area contributed by atoms with E-state index in [0.717, 1.165) is 42.3 Å². The first-order chi connectivity index (χ1) is 16.6. The second-order valence-electron chi connectivity index (χ2n) is 7.93. The number of halogens is 2. The average Bonchev–Trinajstić information content (AvgIpc) is 3.28. The van der Waals surface area contributed by atoms with Crippen molar-refractivity contribution in [3.63, 3.8) is 0 Å². The topological polar surface area (TPSA) is 74.1 Å². The maximum absolute atomic E-state index is 12.2. The third kappa shape index (κ3) is 5.20. The van der Waals surface area contributed by atoms with Crippen molar-refractivity contribution < 1.29 is 18.3 Å². The fraction of sp³-hybridized carbons (Fsp3) is 0.240. The Balaban J connectivity index is 1.23. The molecule has 1 atom stereocenters. The molecular weight excluding hydrogens is 440 g/mol. The van der Waals surface area contributed by atoms with E-state index in [0.29, 0.717) is 17.2 Å². The summed E-state index contributed by atoms with van der Waals surface area (Å²) in [5, 5.41) is 17.1. The van der Waals surface area contributed by atoms with Crippen LogP contribution in [0.4, 0.5) is 20.3 Å². The van der Waals surface area contributed by atoms with Crippen LogP contribution >= 0.6 is 0 Å². The molecule has 0 aliphatic carbocycles. The molecule has 4 aromatic rings. The molecule has 1 aliphatic heterocycles. The summed E-state index contributed by atoms with van der Waals surface area (Å²) in [5.41, 5.74) is 3.49. The lowest BCUT2D eigenvalue weighted by molar-refractivity contribution is -0.0498. The molecule has 174 valence electrons. The van der Waals surface area contributed by atoms with Crippen LogP contribution in [-0.2, 0) is 4.74 Å². The Morgan fingerprint density at radius 1 is 1.03 bits per heavy atom. The van der Waals surface area contributed by atoms with Gasteiger partial charge in [-0.05, 0) is 79.4 Å². The van der Waals surface area contributed by atoms with Gasteiger partial charge in [0.1, 0.15) is 5.75 Å². The van der Waals surface area contributed by atoms with Gasteiger partial charge in [-0.15, -0.1) is 10.2 Å². The highest BCUT2D eigenvalue weighted by Gasteiger charge is 2.18. The molecule has 34 heavy (non-hydrogen) atoms. The average molecular weight is 463 g/mol. The van der Waals surface area contributed by atoms with Crippen molar-refractivity contribution in [1.29, 1.82) is 0 Å². The van der Waals surface area contributed by atoms with Gasteiger partial charge in [0.25, 0.3) is 0 Å². The largest absolute Gasteiger partial charge is 0.435 e. The Kier molecular flexibility index (Phi) is 6.44. The molecule has 0 amide bonds. The first-order valence-electron chi connectivity index (χ1n) is 11.1. The van der Waals surface area contributed by atoms with Crippen molar-refractivity contribution in [3.05, 3.63) is 72.1 Å². The second-order valence-corrected chi connectivity index (χ2v) is 7.93. The van der Waals surface area contributed by atoms with Crippen molar-refractivity contribution in [2.45, 2.75) is 32.1 Å². The van der Waals surface area contributed by atoms with E-state index in [-0.39, 0.29) is 12.0 Å². The van der Waals surface area contributed by atoms with E-state index in [1.165, 1.54) is 12.1 Å². The Morgan fingerprint density at radius 3 is 2.65 bits per heavy atom. The number of aromatic nitrogens is 4. The molecule has 2 aromatic carbocycles. The van der Waals surface area contributed by atoms with Gasteiger partial charge in [-0.3, -0.25) is 0 Å². The number of nitrogens with one attached hydrogen (secondary N) is 1. The number of rotatable bonds is 7. The third-order valence-corrected chi connectivity index (χ3v) is 5.53. The zero-order chi connectivity index (χ0) is 23.3. The number of nitrogens with zero attached hydrogens (tertiary/aromatic N) is 4. The zero-order valence-corrected chi connectivity index (χ0v) is 18.3. The standard InChI is InChI=1S/C25H23F2N5O2/c26-25(27)34-21-10-7-19(8-11-21)29-23-13-9-20(30-31-23)6-4-17-5-12-22-18(15-17)16-28-32(22)24-3-1-2-14-33-24/h4-13,15-16,24-25H,1-3,14H2,(H,29,31). The lowest BCUT2D eigenvalue weighted by atomic mass is 10.1. The predicted molar refractivity (Wildman–Crippen MR) is 126 cm³/mol. The van der Waals surface area contributed by atoms with Crippen LogP contribution in [-0.4, -0.2) is 33.2 Å². The maximum atomic E-state index is 12.2. The minimum atomic E-state index is -2.85. The summed E-state index contributed by atoms with van der Waals surface area (Å²) in [6.07, 6.45) is 9.01. The van der Waals surface area contributed by atoms with E-state index < -0.39 is 6.61 Å². The molecule has 9 heteroatoms. The van der Waals surface area contributed by atoms with Gasteiger partial charge in [0.15, 0.2) is 12.0 Å². The fourth-order valence-corrected chi connectivity index (χ4v) is 3.87. The fourth-order valence-electron chi connectivity index (χ4n) is 3.87. The molecule has 0 bridgehead atoms. The van der Waals surface area contributed by atoms with Gasteiger partial charge in [0.2, 0.25) is 0 Å². The molecule has 0 spiro atoms. The first kappa shape index (κ1) is 22.0. The van der Waals surface area contributed by atoms with Gasteiger partial charge >= 0.3 is 6.61 Å². The van der Waals surface area contributed by atoms with E-state index in [2.05, 4.69) is 37.5 Å². The number of hydrogen-bond acceptors (Lipinski definition) is 6. The zero-order valence-electron chi connectivity index (χ0n) is 18.3. The second kappa shape index (κ2) is 9.96. The molecule has 1 aliphatic rings. The van der Waals surface area contributed by atoms with Crippen LogP contribution in [0.2, 0.25) is 0 Å². The number of ether oxygens (including phenoxy) is 2. The Bertz CT molecular complexity index is 1270. The van der Waals surface area contributed by atoms with Crippen molar-refractivity contribution in [2.24, 2.45) is 0 Å². The molecule has 3 heterocycles. The minimum Gasteiger partial charge on any atom is -0.435 e. The number of alkyl halides is 2. The first-order valence-corrected chi connectivity index (χ1v) is 11.1.